The van der Waals surface area contributed by atoms with E-state index in [-0.39, 0.29) is 18.1 Å². The number of amides is 1. The second-order valence-corrected chi connectivity index (χ2v) is 7.31. The molecular formula is C26H25NO2. The summed E-state index contributed by atoms with van der Waals surface area (Å²) in [4.78, 5) is 14.8. The van der Waals surface area contributed by atoms with Crippen LogP contribution in [0.2, 0.25) is 0 Å². The van der Waals surface area contributed by atoms with E-state index in [0.717, 1.165) is 16.7 Å². The van der Waals surface area contributed by atoms with Crippen LogP contribution in [0, 0.1) is 0 Å². The van der Waals surface area contributed by atoms with Crippen molar-refractivity contribution in [3.63, 3.8) is 0 Å². The van der Waals surface area contributed by atoms with Crippen molar-refractivity contribution in [1.29, 1.82) is 0 Å². The Morgan fingerprint density at radius 3 is 2.07 bits per heavy atom. The fraction of sp³-hybridized carbons (Fsp3) is 0.192. The Morgan fingerprint density at radius 2 is 1.41 bits per heavy atom. The number of rotatable bonds is 7. The monoisotopic (exact) mass is 383 g/mol. The van der Waals surface area contributed by atoms with Crippen LogP contribution in [0.5, 0.6) is 0 Å². The molecule has 4 rings (SSSR count). The Balaban J connectivity index is 1.54. The van der Waals surface area contributed by atoms with Crippen molar-refractivity contribution < 1.29 is 9.53 Å². The third-order valence-electron chi connectivity index (χ3n) is 5.23. The van der Waals surface area contributed by atoms with Crippen molar-refractivity contribution in [3.8, 4) is 0 Å². The maximum atomic E-state index is 12.8. The van der Waals surface area contributed by atoms with Crippen LogP contribution in [0.1, 0.15) is 23.1 Å². The number of benzene rings is 3. The Hall–Kier alpha value is -3.17. The molecule has 1 amide bonds. The van der Waals surface area contributed by atoms with Crippen molar-refractivity contribution in [2.24, 2.45) is 0 Å². The van der Waals surface area contributed by atoms with E-state index in [1.807, 2.05) is 71.6 Å². The molecule has 1 heterocycles. The topological polar surface area (TPSA) is 29.5 Å². The zero-order valence-corrected chi connectivity index (χ0v) is 16.4. The molecule has 3 heteroatoms. The second-order valence-electron chi connectivity index (χ2n) is 7.31. The number of hydrogen-bond acceptors (Lipinski definition) is 2. The molecule has 0 N–H and O–H groups in total. The lowest BCUT2D eigenvalue weighted by Gasteiger charge is -2.26. The number of ether oxygens (including phenoxy) is 1. The van der Waals surface area contributed by atoms with Crippen LogP contribution in [0.3, 0.4) is 0 Å². The molecule has 29 heavy (non-hydrogen) atoms. The molecule has 3 nitrogen and oxygen atoms in total. The lowest BCUT2D eigenvalue weighted by atomic mass is 10.1. The van der Waals surface area contributed by atoms with Crippen LogP contribution in [0.25, 0.3) is 6.08 Å². The van der Waals surface area contributed by atoms with Gasteiger partial charge in [0.1, 0.15) is 0 Å². The number of nitrogens with zero attached hydrogens (tertiary/aromatic N) is 1. The largest absolute Gasteiger partial charge is 0.371 e. The van der Waals surface area contributed by atoms with E-state index in [2.05, 4.69) is 36.4 Å². The van der Waals surface area contributed by atoms with Crippen molar-refractivity contribution in [2.75, 3.05) is 0 Å². The van der Waals surface area contributed by atoms with Gasteiger partial charge in [0.15, 0.2) is 0 Å². The molecule has 0 aromatic heterocycles. The first-order valence-corrected chi connectivity index (χ1v) is 10.0. The second kappa shape index (κ2) is 9.35. The summed E-state index contributed by atoms with van der Waals surface area (Å²) in [5.41, 5.74) is 3.36. The molecular weight excluding hydrogens is 358 g/mol. The van der Waals surface area contributed by atoms with Gasteiger partial charge in [0.25, 0.3) is 0 Å². The van der Waals surface area contributed by atoms with Gasteiger partial charge in [-0.05, 0) is 16.7 Å². The van der Waals surface area contributed by atoms with Crippen LogP contribution in [0.15, 0.2) is 97.1 Å². The summed E-state index contributed by atoms with van der Waals surface area (Å²) in [5, 5.41) is 0. The van der Waals surface area contributed by atoms with Gasteiger partial charge in [0.2, 0.25) is 5.91 Å². The highest BCUT2D eigenvalue weighted by Gasteiger charge is 2.38. The smallest absolute Gasteiger partial charge is 0.226 e. The Morgan fingerprint density at radius 1 is 0.828 bits per heavy atom. The van der Waals surface area contributed by atoms with E-state index < -0.39 is 0 Å². The minimum atomic E-state index is -0.161. The maximum absolute atomic E-state index is 12.8. The standard InChI is InChI=1S/C26H25NO2/c28-26-18-25(29-20-23-14-8-3-9-15-23)24(17-16-21-10-4-1-5-11-21)27(26)19-22-12-6-2-7-13-22/h1-17,24-25H,18-20H2/b17-16+/t24-,25+/m1/s1. The summed E-state index contributed by atoms with van der Waals surface area (Å²) >= 11 is 0. The highest BCUT2D eigenvalue weighted by Crippen LogP contribution is 2.27. The van der Waals surface area contributed by atoms with Crippen LogP contribution >= 0.6 is 0 Å². The lowest BCUT2D eigenvalue weighted by molar-refractivity contribution is -0.129. The van der Waals surface area contributed by atoms with Gasteiger partial charge in [0.05, 0.1) is 25.2 Å². The molecule has 0 unspecified atom stereocenters. The SMILES string of the molecule is O=C1C[C@H](OCc2ccccc2)[C@@H](/C=C/c2ccccc2)N1Cc1ccccc1. The van der Waals surface area contributed by atoms with Crippen LogP contribution in [-0.2, 0) is 22.7 Å². The van der Waals surface area contributed by atoms with E-state index in [1.54, 1.807) is 0 Å². The van der Waals surface area contributed by atoms with Crippen LogP contribution in [0.4, 0.5) is 0 Å². The summed E-state index contributed by atoms with van der Waals surface area (Å²) in [6.45, 7) is 1.10. The van der Waals surface area contributed by atoms with Gasteiger partial charge in [-0.3, -0.25) is 4.79 Å². The minimum absolute atomic E-state index is 0.0911. The Labute approximate surface area is 172 Å². The zero-order chi connectivity index (χ0) is 19.9. The predicted octanol–water partition coefficient (Wildman–Crippen LogP) is 5.09. The summed E-state index contributed by atoms with van der Waals surface area (Å²) in [6, 6.07) is 30.3. The first kappa shape index (κ1) is 19.2. The quantitative estimate of drug-likeness (QED) is 0.569. The Bertz CT molecular complexity index is 938. The van der Waals surface area contributed by atoms with Crippen LogP contribution < -0.4 is 0 Å². The van der Waals surface area contributed by atoms with Crippen molar-refractivity contribution in [2.45, 2.75) is 31.7 Å². The number of carbonyl (C=O) groups excluding carboxylic acids is 1. The molecule has 3 aromatic rings. The van der Waals surface area contributed by atoms with Gasteiger partial charge < -0.3 is 9.64 Å². The Kier molecular flexibility index (Phi) is 6.18. The number of carbonyl (C=O) groups is 1. The van der Waals surface area contributed by atoms with Crippen molar-refractivity contribution in [3.05, 3.63) is 114 Å². The molecule has 0 aliphatic carbocycles. The molecule has 1 fully saturated rings. The third kappa shape index (κ3) is 5.01. The van der Waals surface area contributed by atoms with E-state index >= 15 is 0 Å². The van der Waals surface area contributed by atoms with E-state index in [1.165, 1.54) is 0 Å². The molecule has 0 spiro atoms. The van der Waals surface area contributed by atoms with Gasteiger partial charge in [-0.25, -0.2) is 0 Å². The lowest BCUT2D eigenvalue weighted by Crippen LogP contribution is -2.36. The van der Waals surface area contributed by atoms with E-state index in [4.69, 9.17) is 4.74 Å². The predicted molar refractivity (Wildman–Crippen MR) is 116 cm³/mol. The zero-order valence-electron chi connectivity index (χ0n) is 16.4. The van der Waals surface area contributed by atoms with E-state index in [0.29, 0.717) is 19.6 Å². The molecule has 0 bridgehead atoms. The summed E-state index contributed by atoms with van der Waals surface area (Å²) in [7, 11) is 0. The van der Waals surface area contributed by atoms with E-state index in [9.17, 15) is 4.79 Å². The first-order chi connectivity index (χ1) is 14.3. The molecule has 2 atom stereocenters. The van der Waals surface area contributed by atoms with Gasteiger partial charge in [-0.15, -0.1) is 0 Å². The fourth-order valence-corrected chi connectivity index (χ4v) is 3.69. The van der Waals surface area contributed by atoms with Gasteiger partial charge >= 0.3 is 0 Å². The van der Waals surface area contributed by atoms with Crippen LogP contribution in [-0.4, -0.2) is 23.0 Å². The maximum Gasteiger partial charge on any atom is 0.226 e. The average Bonchev–Trinajstić information content (AvgIpc) is 3.07. The number of likely N-dealkylation sites (tertiary alicyclic amines) is 1. The molecule has 0 saturated carbocycles. The molecule has 1 aliphatic heterocycles. The third-order valence-corrected chi connectivity index (χ3v) is 5.23. The normalized spacial score (nSPS) is 19.2. The molecule has 3 aromatic carbocycles. The average molecular weight is 383 g/mol. The summed E-state index contributed by atoms with van der Waals surface area (Å²) in [6.07, 6.45) is 4.44. The summed E-state index contributed by atoms with van der Waals surface area (Å²) < 4.78 is 6.21. The summed E-state index contributed by atoms with van der Waals surface area (Å²) in [5.74, 6) is 0.134. The fourth-order valence-electron chi connectivity index (χ4n) is 3.69. The molecule has 146 valence electrons. The van der Waals surface area contributed by atoms with Crippen molar-refractivity contribution in [1.82, 2.24) is 4.90 Å². The van der Waals surface area contributed by atoms with Crippen molar-refractivity contribution >= 4 is 12.0 Å². The minimum Gasteiger partial charge on any atom is -0.371 e. The van der Waals surface area contributed by atoms with Gasteiger partial charge in [-0.2, -0.15) is 0 Å². The number of hydrogen-bond donors (Lipinski definition) is 0. The first-order valence-electron chi connectivity index (χ1n) is 10.0. The molecule has 0 radical (unpaired) electrons. The highest BCUT2D eigenvalue weighted by molar-refractivity contribution is 5.80. The molecule has 1 saturated heterocycles. The molecule has 1 aliphatic rings. The van der Waals surface area contributed by atoms with Gasteiger partial charge in [0, 0.05) is 6.54 Å². The van der Waals surface area contributed by atoms with Gasteiger partial charge in [-0.1, -0.05) is 103 Å². The highest BCUT2D eigenvalue weighted by atomic mass is 16.5.